The molecule has 0 unspecified atom stereocenters. The van der Waals surface area contributed by atoms with E-state index >= 15 is 0 Å². The molecule has 68 valence electrons. The summed E-state index contributed by atoms with van der Waals surface area (Å²) in [5, 5.41) is 12.6. The van der Waals surface area contributed by atoms with E-state index in [1.165, 1.54) is 11.3 Å². The van der Waals surface area contributed by atoms with Crippen molar-refractivity contribution in [3.05, 3.63) is 5.01 Å². The molecule has 0 amide bonds. The van der Waals surface area contributed by atoms with E-state index in [0.29, 0.717) is 11.8 Å². The van der Waals surface area contributed by atoms with Gasteiger partial charge in [0.2, 0.25) is 0 Å². The van der Waals surface area contributed by atoms with Gasteiger partial charge in [0.25, 0.3) is 5.19 Å². The van der Waals surface area contributed by atoms with Crippen LogP contribution in [0.2, 0.25) is 0 Å². The Labute approximate surface area is 76.0 Å². The largest absolute Gasteiger partial charge is 0.469 e. The number of nitrogens with one attached hydrogen (secondary N) is 1. The third kappa shape index (κ3) is 2.75. The van der Waals surface area contributed by atoms with Crippen molar-refractivity contribution in [2.75, 3.05) is 13.2 Å². The molecule has 0 aromatic carbocycles. The molecule has 12 heavy (non-hydrogen) atoms. The summed E-state index contributed by atoms with van der Waals surface area (Å²) in [5.41, 5.74) is 0. The average molecular weight is 187 g/mol. The zero-order valence-electron chi connectivity index (χ0n) is 7.33. The summed E-state index contributed by atoms with van der Waals surface area (Å²) >= 11 is 1.49. The van der Waals surface area contributed by atoms with Crippen LogP contribution in [-0.2, 0) is 6.54 Å². The minimum Gasteiger partial charge on any atom is -0.469 e. The maximum atomic E-state index is 5.18. The predicted octanol–water partition coefficient (Wildman–Crippen LogP) is 1.05. The maximum Gasteiger partial charge on any atom is 0.294 e. The van der Waals surface area contributed by atoms with Crippen LogP contribution in [0.1, 0.15) is 18.9 Å². The van der Waals surface area contributed by atoms with Crippen molar-refractivity contribution in [1.82, 2.24) is 15.5 Å². The highest BCUT2D eigenvalue weighted by atomic mass is 32.1. The minimum absolute atomic E-state index is 0.649. The molecule has 0 aliphatic carbocycles. The molecule has 4 nitrogen and oxygen atoms in total. The molecule has 0 aliphatic rings. The Bertz CT molecular complexity index is 226. The molecule has 0 fully saturated rings. The highest BCUT2D eigenvalue weighted by Crippen LogP contribution is 2.16. The Morgan fingerprint density at radius 3 is 2.92 bits per heavy atom. The zero-order valence-corrected chi connectivity index (χ0v) is 8.15. The van der Waals surface area contributed by atoms with Gasteiger partial charge in [0.05, 0.1) is 6.61 Å². The molecular weight excluding hydrogens is 174 g/mol. The van der Waals surface area contributed by atoms with E-state index in [4.69, 9.17) is 4.74 Å². The first-order chi connectivity index (χ1) is 5.86. The fourth-order valence-corrected chi connectivity index (χ4v) is 1.44. The van der Waals surface area contributed by atoms with Gasteiger partial charge < -0.3 is 10.1 Å². The Morgan fingerprint density at radius 1 is 1.42 bits per heavy atom. The van der Waals surface area contributed by atoms with E-state index in [9.17, 15) is 0 Å². The molecule has 5 heteroatoms. The summed E-state index contributed by atoms with van der Waals surface area (Å²) in [4.78, 5) is 0. The van der Waals surface area contributed by atoms with Crippen LogP contribution in [0.5, 0.6) is 5.19 Å². The lowest BCUT2D eigenvalue weighted by molar-refractivity contribution is 0.335. The molecule has 1 N–H and O–H groups in total. The molecule has 0 spiro atoms. The van der Waals surface area contributed by atoms with E-state index in [0.717, 1.165) is 18.1 Å². The maximum absolute atomic E-state index is 5.18. The highest BCUT2D eigenvalue weighted by molar-refractivity contribution is 7.13. The topological polar surface area (TPSA) is 47.0 Å². The molecule has 1 aromatic heterocycles. The first kappa shape index (κ1) is 9.41. The number of ether oxygens (including phenoxy) is 1. The molecule has 0 radical (unpaired) electrons. The summed E-state index contributed by atoms with van der Waals surface area (Å²) in [6.45, 7) is 6.37. The minimum atomic E-state index is 0.649. The van der Waals surface area contributed by atoms with Gasteiger partial charge in [-0.2, -0.15) is 0 Å². The average Bonchev–Trinajstić information content (AvgIpc) is 2.50. The molecule has 0 saturated carbocycles. The Morgan fingerprint density at radius 2 is 2.25 bits per heavy atom. The highest BCUT2D eigenvalue weighted by Gasteiger charge is 2.02. The number of nitrogens with zero attached hydrogens (tertiary/aromatic N) is 2. The molecule has 0 saturated heterocycles. The standard InChI is InChI=1S/C7H13N3OS/c1-3-8-5-6-9-10-7(12-6)11-4-2/h8H,3-5H2,1-2H3. The molecular formula is C7H13N3OS. The van der Waals surface area contributed by atoms with Crippen LogP contribution in [0, 0.1) is 0 Å². The van der Waals surface area contributed by atoms with Crippen molar-refractivity contribution in [3.8, 4) is 5.19 Å². The Balaban J connectivity index is 2.41. The summed E-state index contributed by atoms with van der Waals surface area (Å²) in [7, 11) is 0. The molecule has 1 aromatic rings. The van der Waals surface area contributed by atoms with Gasteiger partial charge >= 0.3 is 0 Å². The SMILES string of the molecule is CCNCc1nnc(OCC)s1. The third-order valence-electron chi connectivity index (χ3n) is 1.24. The second-order valence-corrected chi connectivity index (χ2v) is 3.20. The smallest absolute Gasteiger partial charge is 0.294 e. The van der Waals surface area contributed by atoms with Crippen LogP contribution in [-0.4, -0.2) is 23.3 Å². The van der Waals surface area contributed by atoms with Crippen molar-refractivity contribution in [1.29, 1.82) is 0 Å². The quantitative estimate of drug-likeness (QED) is 0.748. The van der Waals surface area contributed by atoms with E-state index in [2.05, 4.69) is 22.4 Å². The predicted molar refractivity (Wildman–Crippen MR) is 48.5 cm³/mol. The van der Waals surface area contributed by atoms with Gasteiger partial charge in [-0.1, -0.05) is 18.3 Å². The first-order valence-electron chi connectivity index (χ1n) is 4.02. The normalized spacial score (nSPS) is 10.2. The van der Waals surface area contributed by atoms with Crippen molar-refractivity contribution in [2.24, 2.45) is 0 Å². The van der Waals surface area contributed by atoms with Crippen molar-refractivity contribution in [2.45, 2.75) is 20.4 Å². The van der Waals surface area contributed by atoms with Crippen molar-refractivity contribution in [3.63, 3.8) is 0 Å². The van der Waals surface area contributed by atoms with E-state index in [-0.39, 0.29) is 0 Å². The third-order valence-corrected chi connectivity index (χ3v) is 2.08. The summed E-state index contributed by atoms with van der Waals surface area (Å²) in [5.74, 6) is 0. The van der Waals surface area contributed by atoms with Crippen LogP contribution in [0.3, 0.4) is 0 Å². The van der Waals surface area contributed by atoms with Crippen LogP contribution < -0.4 is 10.1 Å². The summed E-state index contributed by atoms with van der Waals surface area (Å²) in [6.07, 6.45) is 0. The Hall–Kier alpha value is -0.680. The van der Waals surface area contributed by atoms with Gasteiger partial charge in [0, 0.05) is 6.54 Å². The molecule has 0 aliphatic heterocycles. The zero-order chi connectivity index (χ0) is 8.81. The number of hydrogen-bond donors (Lipinski definition) is 1. The van der Waals surface area contributed by atoms with Crippen LogP contribution >= 0.6 is 11.3 Å². The number of rotatable bonds is 5. The van der Waals surface area contributed by atoms with Crippen LogP contribution in [0.15, 0.2) is 0 Å². The number of aromatic nitrogens is 2. The van der Waals surface area contributed by atoms with E-state index in [1.54, 1.807) is 0 Å². The van der Waals surface area contributed by atoms with Crippen molar-refractivity contribution >= 4 is 11.3 Å². The van der Waals surface area contributed by atoms with E-state index in [1.807, 2.05) is 6.92 Å². The molecule has 0 bridgehead atoms. The number of hydrogen-bond acceptors (Lipinski definition) is 5. The summed E-state index contributed by atoms with van der Waals surface area (Å²) in [6, 6.07) is 0. The van der Waals surface area contributed by atoms with Crippen molar-refractivity contribution < 1.29 is 4.74 Å². The van der Waals surface area contributed by atoms with Gasteiger partial charge in [-0.05, 0) is 13.5 Å². The van der Waals surface area contributed by atoms with Gasteiger partial charge in [-0.25, -0.2) is 0 Å². The van der Waals surface area contributed by atoms with E-state index < -0.39 is 0 Å². The lowest BCUT2D eigenvalue weighted by Crippen LogP contribution is -2.11. The summed E-state index contributed by atoms with van der Waals surface area (Å²) < 4.78 is 5.18. The molecule has 1 heterocycles. The van der Waals surface area contributed by atoms with Gasteiger partial charge in [0.1, 0.15) is 5.01 Å². The van der Waals surface area contributed by atoms with Crippen LogP contribution in [0.4, 0.5) is 0 Å². The second-order valence-electron chi connectivity index (χ2n) is 2.18. The fourth-order valence-electron chi connectivity index (χ4n) is 0.723. The molecule has 0 atom stereocenters. The molecule has 1 rings (SSSR count). The van der Waals surface area contributed by atoms with Gasteiger partial charge in [-0.3, -0.25) is 0 Å². The van der Waals surface area contributed by atoms with Gasteiger partial charge in [0.15, 0.2) is 0 Å². The fraction of sp³-hybridized carbons (Fsp3) is 0.714. The second kappa shape index (κ2) is 5.05. The monoisotopic (exact) mass is 187 g/mol. The van der Waals surface area contributed by atoms with Gasteiger partial charge in [-0.15, -0.1) is 10.2 Å². The lowest BCUT2D eigenvalue weighted by Gasteiger charge is -1.94. The lowest BCUT2D eigenvalue weighted by atomic mass is 10.6. The first-order valence-corrected chi connectivity index (χ1v) is 4.84. The Kier molecular flexibility index (Phi) is 3.96. The van der Waals surface area contributed by atoms with Crippen LogP contribution in [0.25, 0.3) is 0 Å².